The SMILES string of the molecule is CC[C@@H](C)c1nc2ccc(Br)cc2c(=O)n1N=Cc1cc(Cl)cc([N+](=O)[O-])c1OCC(=O)Nc1cccc(F)c1. The average molecular weight is 631 g/mol. The Balaban J connectivity index is 1.74. The highest BCUT2D eigenvalue weighted by molar-refractivity contribution is 9.10. The maximum atomic E-state index is 13.4. The van der Waals surface area contributed by atoms with Crippen molar-refractivity contribution < 1.29 is 18.8 Å². The van der Waals surface area contributed by atoms with Gasteiger partial charge in [-0.3, -0.25) is 19.7 Å². The molecule has 1 amide bonds. The number of benzene rings is 3. The summed E-state index contributed by atoms with van der Waals surface area (Å²) in [4.78, 5) is 41.6. The molecule has 1 atom stereocenters. The van der Waals surface area contributed by atoms with Gasteiger partial charge in [-0.05, 0) is 48.9 Å². The molecule has 0 fully saturated rings. The van der Waals surface area contributed by atoms with E-state index in [-0.39, 0.29) is 27.9 Å². The molecule has 4 aromatic rings. The Labute approximate surface area is 240 Å². The van der Waals surface area contributed by atoms with Crippen molar-refractivity contribution in [2.24, 2.45) is 5.10 Å². The van der Waals surface area contributed by atoms with Gasteiger partial charge in [-0.25, -0.2) is 9.37 Å². The number of nitro groups is 1. The zero-order valence-corrected chi connectivity index (χ0v) is 23.6. The Kier molecular flexibility index (Phi) is 8.90. The van der Waals surface area contributed by atoms with Crippen molar-refractivity contribution >= 4 is 61.9 Å². The van der Waals surface area contributed by atoms with Crippen LogP contribution in [0.1, 0.15) is 37.6 Å². The van der Waals surface area contributed by atoms with Crippen molar-refractivity contribution in [3.05, 3.63) is 102 Å². The third-order valence-corrected chi connectivity index (χ3v) is 6.63. The normalized spacial score (nSPS) is 12.0. The van der Waals surface area contributed by atoms with Gasteiger partial charge < -0.3 is 10.1 Å². The summed E-state index contributed by atoms with van der Waals surface area (Å²) in [7, 11) is 0. The zero-order valence-electron chi connectivity index (χ0n) is 21.2. The van der Waals surface area contributed by atoms with Crippen molar-refractivity contribution in [1.29, 1.82) is 0 Å². The van der Waals surface area contributed by atoms with Crippen molar-refractivity contribution in [1.82, 2.24) is 9.66 Å². The molecule has 0 spiro atoms. The van der Waals surface area contributed by atoms with E-state index < -0.39 is 34.5 Å². The Morgan fingerprint density at radius 3 is 2.77 bits per heavy atom. The van der Waals surface area contributed by atoms with Gasteiger partial charge in [0.2, 0.25) is 5.75 Å². The second-order valence-electron chi connectivity index (χ2n) is 8.75. The molecule has 0 bridgehead atoms. The van der Waals surface area contributed by atoms with Crippen LogP contribution in [0.3, 0.4) is 0 Å². The molecule has 10 nitrogen and oxygen atoms in total. The van der Waals surface area contributed by atoms with E-state index in [9.17, 15) is 24.1 Å². The minimum absolute atomic E-state index is 0.0137. The van der Waals surface area contributed by atoms with E-state index in [2.05, 4.69) is 31.3 Å². The van der Waals surface area contributed by atoms with Crippen LogP contribution in [0, 0.1) is 15.9 Å². The van der Waals surface area contributed by atoms with E-state index in [1.165, 1.54) is 30.5 Å². The number of amides is 1. The number of carbonyl (C=O) groups is 1. The molecular weight excluding hydrogens is 609 g/mol. The second-order valence-corrected chi connectivity index (χ2v) is 10.1. The fourth-order valence-electron chi connectivity index (χ4n) is 3.79. The minimum atomic E-state index is -0.713. The first-order valence-electron chi connectivity index (χ1n) is 12.0. The monoisotopic (exact) mass is 629 g/mol. The molecule has 0 radical (unpaired) electrons. The highest BCUT2D eigenvalue weighted by atomic mass is 79.9. The van der Waals surface area contributed by atoms with Gasteiger partial charge in [-0.1, -0.05) is 47.4 Å². The summed E-state index contributed by atoms with van der Waals surface area (Å²) in [5.74, 6) is -1.27. The number of nitro benzene ring substituents is 1. The number of rotatable bonds is 9. The fraction of sp³-hybridized carbons (Fsp3) is 0.185. The number of carbonyl (C=O) groups excluding carboxylic acids is 1. The van der Waals surface area contributed by atoms with Gasteiger partial charge in [0.1, 0.15) is 11.6 Å². The average Bonchev–Trinajstić information content (AvgIpc) is 2.91. The first-order chi connectivity index (χ1) is 19.1. The van der Waals surface area contributed by atoms with Gasteiger partial charge in [0.25, 0.3) is 11.5 Å². The lowest BCUT2D eigenvalue weighted by atomic mass is 10.1. The number of fused-ring (bicyclic) bond motifs is 1. The molecule has 1 heterocycles. The maximum Gasteiger partial charge on any atom is 0.313 e. The number of nitrogens with zero attached hydrogens (tertiary/aromatic N) is 4. The van der Waals surface area contributed by atoms with Crippen LogP contribution < -0.4 is 15.6 Å². The number of anilines is 1. The molecular formula is C27H22BrClFN5O5. The van der Waals surface area contributed by atoms with Gasteiger partial charge in [-0.15, -0.1) is 0 Å². The van der Waals surface area contributed by atoms with Crippen LogP contribution in [0.25, 0.3) is 10.9 Å². The molecule has 0 aliphatic carbocycles. The van der Waals surface area contributed by atoms with Crippen LogP contribution in [0.2, 0.25) is 5.02 Å². The summed E-state index contributed by atoms with van der Waals surface area (Å²) in [6, 6.07) is 12.8. The Bertz CT molecular complexity index is 1710. The van der Waals surface area contributed by atoms with Gasteiger partial charge in [-0.2, -0.15) is 9.78 Å². The van der Waals surface area contributed by atoms with Crippen molar-refractivity contribution in [2.75, 3.05) is 11.9 Å². The van der Waals surface area contributed by atoms with Gasteiger partial charge in [0.05, 0.1) is 22.0 Å². The highest BCUT2D eigenvalue weighted by Crippen LogP contribution is 2.34. The summed E-state index contributed by atoms with van der Waals surface area (Å²) in [6.45, 7) is 3.20. The third kappa shape index (κ3) is 6.52. The zero-order chi connectivity index (χ0) is 29.0. The molecule has 1 aromatic heterocycles. The first-order valence-corrected chi connectivity index (χ1v) is 13.2. The predicted molar refractivity (Wildman–Crippen MR) is 154 cm³/mol. The van der Waals surface area contributed by atoms with Crippen molar-refractivity contribution in [3.63, 3.8) is 0 Å². The standard InChI is InChI=1S/C27H22BrClFN5O5/c1-3-15(2)26-33-22-8-7-17(28)10-21(22)27(37)34(26)31-13-16-9-18(29)11-23(35(38)39)25(16)40-14-24(36)32-20-6-4-5-19(30)12-20/h4-13,15H,3,14H2,1-2H3,(H,32,36)/t15-/m1/s1. The lowest BCUT2D eigenvalue weighted by molar-refractivity contribution is -0.385. The third-order valence-electron chi connectivity index (χ3n) is 5.91. The summed E-state index contributed by atoms with van der Waals surface area (Å²) >= 11 is 9.50. The van der Waals surface area contributed by atoms with E-state index in [4.69, 9.17) is 16.3 Å². The van der Waals surface area contributed by atoms with Crippen LogP contribution in [0.15, 0.2) is 69.0 Å². The fourth-order valence-corrected chi connectivity index (χ4v) is 4.37. The lowest BCUT2D eigenvalue weighted by Crippen LogP contribution is -2.24. The molecule has 0 aliphatic heterocycles. The van der Waals surface area contributed by atoms with E-state index in [0.717, 1.165) is 16.8 Å². The van der Waals surface area contributed by atoms with E-state index in [0.29, 0.717) is 27.6 Å². The second kappa shape index (κ2) is 12.3. The molecule has 3 aromatic carbocycles. The molecule has 0 saturated heterocycles. The van der Waals surface area contributed by atoms with Crippen LogP contribution in [-0.4, -0.2) is 33.3 Å². The molecule has 206 valence electrons. The number of halogens is 3. The Morgan fingerprint density at radius 1 is 1.30 bits per heavy atom. The van der Waals surface area contributed by atoms with Crippen LogP contribution >= 0.6 is 27.5 Å². The predicted octanol–water partition coefficient (Wildman–Crippen LogP) is 6.27. The molecule has 13 heteroatoms. The smallest absolute Gasteiger partial charge is 0.313 e. The van der Waals surface area contributed by atoms with E-state index in [1.807, 2.05) is 13.8 Å². The summed E-state index contributed by atoms with van der Waals surface area (Å²) in [5, 5.41) is 18.9. The van der Waals surface area contributed by atoms with Gasteiger partial charge >= 0.3 is 5.69 Å². The maximum absolute atomic E-state index is 13.4. The Morgan fingerprint density at radius 2 is 2.08 bits per heavy atom. The minimum Gasteiger partial charge on any atom is -0.476 e. The van der Waals surface area contributed by atoms with Gasteiger partial charge in [0.15, 0.2) is 6.61 Å². The molecule has 0 saturated carbocycles. The van der Waals surface area contributed by atoms with Crippen LogP contribution in [0.5, 0.6) is 5.75 Å². The highest BCUT2D eigenvalue weighted by Gasteiger charge is 2.22. The summed E-state index contributed by atoms with van der Waals surface area (Å²) < 4.78 is 20.8. The first kappa shape index (κ1) is 28.8. The number of hydrogen-bond acceptors (Lipinski definition) is 7. The quantitative estimate of drug-likeness (QED) is 0.132. The van der Waals surface area contributed by atoms with E-state index >= 15 is 0 Å². The van der Waals surface area contributed by atoms with Crippen LogP contribution in [0.4, 0.5) is 15.8 Å². The van der Waals surface area contributed by atoms with Crippen LogP contribution in [-0.2, 0) is 4.79 Å². The van der Waals surface area contributed by atoms with Crippen molar-refractivity contribution in [3.8, 4) is 5.75 Å². The number of ether oxygens (including phenoxy) is 1. The number of nitrogens with one attached hydrogen (secondary N) is 1. The molecule has 0 unspecified atom stereocenters. The molecule has 40 heavy (non-hydrogen) atoms. The lowest BCUT2D eigenvalue weighted by Gasteiger charge is -2.14. The van der Waals surface area contributed by atoms with Gasteiger partial charge in [0, 0.05) is 32.7 Å². The molecule has 4 rings (SSSR count). The Hall–Kier alpha value is -4.16. The number of aromatic nitrogens is 2. The molecule has 0 aliphatic rings. The molecule has 1 N–H and O–H groups in total. The largest absolute Gasteiger partial charge is 0.476 e. The number of hydrogen-bond donors (Lipinski definition) is 1. The van der Waals surface area contributed by atoms with E-state index in [1.54, 1.807) is 18.2 Å². The summed E-state index contributed by atoms with van der Waals surface area (Å²) in [6.07, 6.45) is 1.86. The van der Waals surface area contributed by atoms with Crippen molar-refractivity contribution in [2.45, 2.75) is 26.2 Å². The summed E-state index contributed by atoms with van der Waals surface area (Å²) in [5.41, 5.74) is -0.210. The topological polar surface area (TPSA) is 129 Å².